The summed E-state index contributed by atoms with van der Waals surface area (Å²) in [6.45, 7) is 3.48. The van der Waals surface area contributed by atoms with E-state index >= 15 is 0 Å². The molecule has 112 valence electrons. The molecule has 0 bridgehead atoms. The molecule has 1 unspecified atom stereocenters. The van der Waals surface area contributed by atoms with Crippen LogP contribution in [0, 0.1) is 11.8 Å². The van der Waals surface area contributed by atoms with E-state index in [4.69, 9.17) is 0 Å². The van der Waals surface area contributed by atoms with E-state index in [1.54, 1.807) is 4.31 Å². The first kappa shape index (κ1) is 15.3. The fourth-order valence-corrected chi connectivity index (χ4v) is 4.35. The van der Waals surface area contributed by atoms with E-state index in [1.807, 2.05) is 0 Å². The zero-order valence-electron chi connectivity index (χ0n) is 12.1. The summed E-state index contributed by atoms with van der Waals surface area (Å²) in [7, 11) is -3.00. The molecule has 1 atom stereocenters. The van der Waals surface area contributed by atoms with Gasteiger partial charge >= 0.3 is 0 Å². The van der Waals surface area contributed by atoms with Crippen molar-refractivity contribution in [3.8, 4) is 0 Å². The first-order chi connectivity index (χ1) is 9.05. The lowest BCUT2D eigenvalue weighted by atomic mass is 9.99. The van der Waals surface area contributed by atoms with Crippen LogP contribution in [-0.4, -0.2) is 45.2 Å². The van der Waals surface area contributed by atoms with E-state index < -0.39 is 10.0 Å². The van der Waals surface area contributed by atoms with Gasteiger partial charge in [0.05, 0.1) is 6.26 Å². The molecule has 5 heteroatoms. The van der Waals surface area contributed by atoms with Gasteiger partial charge in [-0.05, 0) is 44.2 Å². The highest BCUT2D eigenvalue weighted by Crippen LogP contribution is 2.27. The fourth-order valence-electron chi connectivity index (χ4n) is 3.41. The van der Waals surface area contributed by atoms with Crippen molar-refractivity contribution in [3.63, 3.8) is 0 Å². The van der Waals surface area contributed by atoms with Gasteiger partial charge in [-0.25, -0.2) is 12.7 Å². The van der Waals surface area contributed by atoms with Gasteiger partial charge in [-0.1, -0.05) is 25.7 Å². The highest BCUT2D eigenvalue weighted by atomic mass is 32.2. The van der Waals surface area contributed by atoms with Crippen molar-refractivity contribution in [2.75, 3.05) is 32.4 Å². The molecule has 0 aromatic rings. The van der Waals surface area contributed by atoms with Crippen LogP contribution in [0.5, 0.6) is 0 Å². The molecule has 4 nitrogen and oxygen atoms in total. The van der Waals surface area contributed by atoms with Gasteiger partial charge in [0.1, 0.15) is 0 Å². The van der Waals surface area contributed by atoms with E-state index in [2.05, 4.69) is 5.32 Å². The van der Waals surface area contributed by atoms with Crippen molar-refractivity contribution in [3.05, 3.63) is 0 Å². The second-order valence-corrected chi connectivity index (χ2v) is 8.25. The quantitative estimate of drug-likeness (QED) is 0.759. The Labute approximate surface area is 118 Å². The molecule has 0 spiro atoms. The van der Waals surface area contributed by atoms with E-state index in [9.17, 15) is 8.42 Å². The number of nitrogens with one attached hydrogen (secondary N) is 1. The van der Waals surface area contributed by atoms with E-state index in [0.717, 1.165) is 31.8 Å². The second kappa shape index (κ2) is 7.04. The molecule has 2 aliphatic rings. The lowest BCUT2D eigenvalue weighted by Crippen LogP contribution is -2.42. The lowest BCUT2D eigenvalue weighted by Gasteiger charge is -2.31. The van der Waals surface area contributed by atoms with Crippen LogP contribution in [0.25, 0.3) is 0 Å². The van der Waals surface area contributed by atoms with Crippen molar-refractivity contribution in [1.29, 1.82) is 0 Å². The number of hydrogen-bond acceptors (Lipinski definition) is 3. The first-order valence-electron chi connectivity index (χ1n) is 7.71. The highest BCUT2D eigenvalue weighted by Gasteiger charge is 2.25. The maximum Gasteiger partial charge on any atom is 0.211 e. The molecular formula is C14H28N2O2S. The van der Waals surface area contributed by atoms with Gasteiger partial charge < -0.3 is 5.32 Å². The van der Waals surface area contributed by atoms with Crippen LogP contribution in [0.3, 0.4) is 0 Å². The van der Waals surface area contributed by atoms with Crippen LogP contribution in [-0.2, 0) is 10.0 Å². The Morgan fingerprint density at radius 3 is 2.47 bits per heavy atom. The summed E-state index contributed by atoms with van der Waals surface area (Å²) in [5, 5.41) is 3.53. The topological polar surface area (TPSA) is 49.4 Å². The summed E-state index contributed by atoms with van der Waals surface area (Å²) >= 11 is 0. The average Bonchev–Trinajstić information content (AvgIpc) is 2.87. The van der Waals surface area contributed by atoms with Gasteiger partial charge in [0, 0.05) is 13.1 Å². The molecule has 1 saturated heterocycles. The third-order valence-electron chi connectivity index (χ3n) is 4.59. The summed E-state index contributed by atoms with van der Waals surface area (Å²) in [4.78, 5) is 0. The van der Waals surface area contributed by atoms with Crippen LogP contribution in [0.1, 0.15) is 44.9 Å². The van der Waals surface area contributed by atoms with Crippen molar-refractivity contribution in [2.45, 2.75) is 44.9 Å². The van der Waals surface area contributed by atoms with Crippen molar-refractivity contribution < 1.29 is 8.42 Å². The second-order valence-electron chi connectivity index (χ2n) is 6.27. The number of piperidine rings is 1. The Balaban J connectivity index is 1.62. The standard InChI is InChI=1S/C14H28N2O2S/c1-19(17,18)16-10-4-7-14(12-16)11-15-9-8-13-5-2-3-6-13/h13-15H,2-12H2,1H3. The third-order valence-corrected chi connectivity index (χ3v) is 5.86. The smallest absolute Gasteiger partial charge is 0.211 e. The summed E-state index contributed by atoms with van der Waals surface area (Å²) in [5.41, 5.74) is 0. The SMILES string of the molecule is CS(=O)(=O)N1CCCC(CNCCC2CCCC2)C1. The van der Waals surface area contributed by atoms with Gasteiger partial charge in [-0.2, -0.15) is 0 Å². The third kappa shape index (κ3) is 5.04. The Morgan fingerprint density at radius 1 is 1.11 bits per heavy atom. The summed E-state index contributed by atoms with van der Waals surface area (Å²) < 4.78 is 24.7. The molecule has 0 aromatic carbocycles. The minimum atomic E-state index is -3.00. The molecule has 1 aliphatic heterocycles. The summed E-state index contributed by atoms with van der Waals surface area (Å²) in [6, 6.07) is 0. The molecule has 1 heterocycles. The van der Waals surface area contributed by atoms with Crippen molar-refractivity contribution >= 4 is 10.0 Å². The van der Waals surface area contributed by atoms with Crippen molar-refractivity contribution in [1.82, 2.24) is 9.62 Å². The molecule has 0 aromatic heterocycles. The van der Waals surface area contributed by atoms with Crippen LogP contribution >= 0.6 is 0 Å². The van der Waals surface area contributed by atoms with Gasteiger partial charge in [0.25, 0.3) is 0 Å². The number of sulfonamides is 1. The molecule has 1 N–H and O–H groups in total. The minimum Gasteiger partial charge on any atom is -0.316 e. The molecular weight excluding hydrogens is 260 g/mol. The maximum absolute atomic E-state index is 11.5. The Morgan fingerprint density at radius 2 is 1.79 bits per heavy atom. The molecule has 0 radical (unpaired) electrons. The van der Waals surface area contributed by atoms with Crippen LogP contribution < -0.4 is 5.32 Å². The lowest BCUT2D eigenvalue weighted by molar-refractivity contribution is 0.260. The molecule has 2 fully saturated rings. The Kier molecular flexibility index (Phi) is 5.66. The largest absolute Gasteiger partial charge is 0.316 e. The molecule has 2 rings (SSSR count). The predicted molar refractivity (Wildman–Crippen MR) is 78.6 cm³/mol. The van der Waals surface area contributed by atoms with E-state index in [0.29, 0.717) is 19.0 Å². The summed E-state index contributed by atoms with van der Waals surface area (Å²) in [6.07, 6.45) is 10.4. The van der Waals surface area contributed by atoms with Crippen LogP contribution in [0.2, 0.25) is 0 Å². The number of hydrogen-bond donors (Lipinski definition) is 1. The summed E-state index contributed by atoms with van der Waals surface area (Å²) in [5.74, 6) is 1.43. The highest BCUT2D eigenvalue weighted by molar-refractivity contribution is 7.88. The van der Waals surface area contributed by atoms with Gasteiger partial charge in [0.2, 0.25) is 10.0 Å². The van der Waals surface area contributed by atoms with Gasteiger partial charge in [-0.15, -0.1) is 0 Å². The Bertz CT molecular complexity index is 364. The van der Waals surface area contributed by atoms with Gasteiger partial charge in [0.15, 0.2) is 0 Å². The van der Waals surface area contributed by atoms with Crippen LogP contribution in [0.4, 0.5) is 0 Å². The number of rotatable bonds is 6. The predicted octanol–water partition coefficient (Wildman–Crippen LogP) is 1.83. The van der Waals surface area contributed by atoms with Gasteiger partial charge in [-0.3, -0.25) is 0 Å². The van der Waals surface area contributed by atoms with Crippen LogP contribution in [0.15, 0.2) is 0 Å². The van der Waals surface area contributed by atoms with Crippen molar-refractivity contribution in [2.24, 2.45) is 11.8 Å². The Hall–Kier alpha value is -0.130. The molecule has 1 saturated carbocycles. The number of nitrogens with zero attached hydrogens (tertiary/aromatic N) is 1. The zero-order valence-corrected chi connectivity index (χ0v) is 12.9. The normalized spacial score (nSPS) is 26.9. The minimum absolute atomic E-state index is 0.493. The van der Waals surface area contributed by atoms with E-state index in [-0.39, 0.29) is 0 Å². The first-order valence-corrected chi connectivity index (χ1v) is 9.56. The van der Waals surface area contributed by atoms with E-state index in [1.165, 1.54) is 38.4 Å². The maximum atomic E-state index is 11.5. The fraction of sp³-hybridized carbons (Fsp3) is 1.00. The molecule has 1 aliphatic carbocycles. The average molecular weight is 288 g/mol. The molecule has 0 amide bonds. The monoisotopic (exact) mass is 288 g/mol. The zero-order chi connectivity index (χ0) is 13.7. The molecule has 19 heavy (non-hydrogen) atoms.